The minimum atomic E-state index is -0.595. The highest BCUT2D eigenvalue weighted by atomic mass is 16.6. The minimum Gasteiger partial charge on any atom is -0.490 e. The minimum absolute atomic E-state index is 0.01000. The summed E-state index contributed by atoms with van der Waals surface area (Å²) in [6.07, 6.45) is 0. The fourth-order valence-corrected chi connectivity index (χ4v) is 3.20. The Kier molecular flexibility index (Phi) is 5.45. The van der Waals surface area contributed by atoms with Crippen molar-refractivity contribution in [3.8, 4) is 11.8 Å². The molecule has 0 spiro atoms. The molecular formula is C24H16N2O5. The molecule has 7 heteroatoms. The van der Waals surface area contributed by atoms with Gasteiger partial charge in [-0.2, -0.15) is 5.26 Å². The fraction of sp³-hybridized carbons (Fsp3) is 0.0833. The predicted molar refractivity (Wildman–Crippen MR) is 111 cm³/mol. The van der Waals surface area contributed by atoms with Crippen LogP contribution in [-0.4, -0.2) is 31.0 Å². The number of hydrogen-bond acceptors (Lipinski definition) is 6. The van der Waals surface area contributed by atoms with Gasteiger partial charge < -0.3 is 9.47 Å². The number of esters is 1. The Hall–Kier alpha value is -4.44. The van der Waals surface area contributed by atoms with E-state index >= 15 is 0 Å². The molecule has 0 atom stereocenters. The maximum absolute atomic E-state index is 12.6. The van der Waals surface area contributed by atoms with Gasteiger partial charge in [-0.25, -0.2) is 9.69 Å². The Morgan fingerprint density at radius 2 is 1.55 bits per heavy atom. The average molecular weight is 412 g/mol. The van der Waals surface area contributed by atoms with Crippen LogP contribution in [0.4, 0.5) is 5.69 Å². The molecule has 1 aliphatic rings. The summed E-state index contributed by atoms with van der Waals surface area (Å²) in [5.41, 5.74) is 1.71. The molecule has 0 saturated carbocycles. The van der Waals surface area contributed by atoms with Crippen molar-refractivity contribution >= 4 is 23.5 Å². The number of amides is 2. The van der Waals surface area contributed by atoms with Crippen molar-refractivity contribution in [1.29, 1.82) is 5.26 Å². The lowest BCUT2D eigenvalue weighted by atomic mass is 10.1. The molecule has 2 amide bonds. The summed E-state index contributed by atoms with van der Waals surface area (Å²) in [5, 5.41) is 8.79. The molecule has 3 aromatic rings. The molecule has 0 aromatic heterocycles. The van der Waals surface area contributed by atoms with E-state index in [1.165, 1.54) is 6.07 Å². The van der Waals surface area contributed by atoms with Crippen LogP contribution in [0.15, 0.2) is 72.8 Å². The van der Waals surface area contributed by atoms with Gasteiger partial charge in [0.2, 0.25) is 0 Å². The number of nitrogens with zero attached hydrogens (tertiary/aromatic N) is 2. The Bertz CT molecular complexity index is 1180. The predicted octanol–water partition coefficient (Wildman–Crippen LogP) is 3.59. The summed E-state index contributed by atoms with van der Waals surface area (Å²) in [6.45, 7) is 0.145. The second-order valence-corrected chi connectivity index (χ2v) is 6.66. The van der Waals surface area contributed by atoms with Crippen LogP contribution in [-0.2, 0) is 4.74 Å². The largest absolute Gasteiger partial charge is 0.490 e. The molecule has 1 aliphatic heterocycles. The Balaban J connectivity index is 1.38. The first-order chi connectivity index (χ1) is 15.1. The zero-order valence-corrected chi connectivity index (χ0v) is 16.3. The topological polar surface area (TPSA) is 96.7 Å². The maximum atomic E-state index is 12.6. The number of carbonyl (C=O) groups excluding carboxylic acids is 3. The van der Waals surface area contributed by atoms with Crippen LogP contribution >= 0.6 is 0 Å². The number of nitriles is 1. The van der Waals surface area contributed by atoms with Crippen LogP contribution in [0.25, 0.3) is 0 Å². The van der Waals surface area contributed by atoms with Crippen molar-refractivity contribution in [3.63, 3.8) is 0 Å². The van der Waals surface area contributed by atoms with Gasteiger partial charge in [-0.05, 0) is 54.6 Å². The Morgan fingerprint density at radius 1 is 0.871 bits per heavy atom. The highest BCUT2D eigenvalue weighted by Crippen LogP contribution is 2.28. The van der Waals surface area contributed by atoms with Crippen molar-refractivity contribution in [3.05, 3.63) is 95.1 Å². The van der Waals surface area contributed by atoms with Crippen molar-refractivity contribution in [2.75, 3.05) is 18.1 Å². The van der Waals surface area contributed by atoms with Crippen LogP contribution < -0.4 is 9.64 Å². The van der Waals surface area contributed by atoms with Gasteiger partial charge in [0.05, 0.1) is 34.0 Å². The standard InChI is InChI=1S/C24H16N2O5/c25-15-16-8-10-19(11-9-16)30-12-13-31-24(29)17-4-3-5-18(14-17)26-22(27)20-6-1-2-7-21(20)23(26)28/h1-11,14H,12-13H2. The van der Waals surface area contributed by atoms with E-state index in [0.717, 1.165) is 4.90 Å². The molecule has 1 heterocycles. The van der Waals surface area contributed by atoms with Gasteiger partial charge in [-0.3, -0.25) is 9.59 Å². The number of ether oxygens (including phenoxy) is 2. The van der Waals surface area contributed by atoms with Gasteiger partial charge in [-0.1, -0.05) is 18.2 Å². The van der Waals surface area contributed by atoms with E-state index < -0.39 is 17.8 Å². The molecule has 0 bridgehead atoms. The average Bonchev–Trinajstić information content (AvgIpc) is 3.07. The van der Waals surface area contributed by atoms with Crippen LogP contribution in [0, 0.1) is 11.3 Å². The second-order valence-electron chi connectivity index (χ2n) is 6.66. The van der Waals surface area contributed by atoms with E-state index in [1.54, 1.807) is 66.7 Å². The fourth-order valence-electron chi connectivity index (χ4n) is 3.20. The van der Waals surface area contributed by atoms with Gasteiger partial charge in [0.15, 0.2) is 0 Å². The van der Waals surface area contributed by atoms with Crippen molar-refractivity contribution in [1.82, 2.24) is 0 Å². The normalized spacial score (nSPS) is 12.3. The smallest absolute Gasteiger partial charge is 0.338 e. The summed E-state index contributed by atoms with van der Waals surface area (Å²) in [6, 6.07) is 21.4. The molecule has 7 nitrogen and oxygen atoms in total. The van der Waals surface area contributed by atoms with E-state index in [2.05, 4.69) is 0 Å². The van der Waals surface area contributed by atoms with Crippen molar-refractivity contribution in [2.45, 2.75) is 0 Å². The molecule has 0 unspecified atom stereocenters. The molecule has 0 fully saturated rings. The summed E-state index contributed by atoms with van der Waals surface area (Å²) >= 11 is 0. The quantitative estimate of drug-likeness (QED) is 0.349. The molecule has 3 aromatic carbocycles. The summed E-state index contributed by atoms with van der Waals surface area (Å²) in [5.74, 6) is -0.895. The summed E-state index contributed by atoms with van der Waals surface area (Å²) < 4.78 is 10.7. The SMILES string of the molecule is N#Cc1ccc(OCCOC(=O)c2cccc(N3C(=O)c4ccccc4C3=O)c2)cc1. The van der Waals surface area contributed by atoms with Crippen LogP contribution in [0.2, 0.25) is 0 Å². The number of fused-ring (bicyclic) bond motifs is 1. The second kappa shape index (κ2) is 8.51. The number of benzene rings is 3. The van der Waals surface area contributed by atoms with Crippen LogP contribution in [0.1, 0.15) is 36.6 Å². The zero-order valence-electron chi connectivity index (χ0n) is 16.3. The summed E-state index contributed by atoms with van der Waals surface area (Å²) in [7, 11) is 0. The number of rotatable bonds is 6. The van der Waals surface area contributed by atoms with Crippen LogP contribution in [0.5, 0.6) is 5.75 Å². The number of anilines is 1. The molecule has 31 heavy (non-hydrogen) atoms. The maximum Gasteiger partial charge on any atom is 0.338 e. The Labute approximate surface area is 178 Å². The van der Waals surface area contributed by atoms with E-state index in [4.69, 9.17) is 14.7 Å². The first-order valence-electron chi connectivity index (χ1n) is 9.46. The van der Waals surface area contributed by atoms with E-state index in [-0.39, 0.29) is 18.8 Å². The monoisotopic (exact) mass is 412 g/mol. The van der Waals surface area contributed by atoms with Gasteiger partial charge in [0.1, 0.15) is 19.0 Å². The van der Waals surface area contributed by atoms with E-state index in [1.807, 2.05) is 6.07 Å². The highest BCUT2D eigenvalue weighted by Gasteiger charge is 2.36. The molecular weight excluding hydrogens is 396 g/mol. The van der Waals surface area contributed by atoms with Crippen molar-refractivity contribution in [2.24, 2.45) is 0 Å². The lowest BCUT2D eigenvalue weighted by Crippen LogP contribution is -2.29. The highest BCUT2D eigenvalue weighted by molar-refractivity contribution is 6.34. The van der Waals surface area contributed by atoms with E-state index in [0.29, 0.717) is 28.1 Å². The molecule has 0 N–H and O–H groups in total. The number of hydrogen-bond donors (Lipinski definition) is 0. The van der Waals surface area contributed by atoms with E-state index in [9.17, 15) is 14.4 Å². The first kappa shape index (κ1) is 19.9. The lowest BCUT2D eigenvalue weighted by molar-refractivity contribution is 0.0450. The third kappa shape index (κ3) is 4.00. The van der Waals surface area contributed by atoms with Gasteiger partial charge >= 0.3 is 5.97 Å². The molecule has 0 saturated heterocycles. The Morgan fingerprint density at radius 3 is 2.19 bits per heavy atom. The third-order valence-corrected chi connectivity index (χ3v) is 4.70. The van der Waals surface area contributed by atoms with Gasteiger partial charge in [0, 0.05) is 0 Å². The molecule has 0 aliphatic carbocycles. The van der Waals surface area contributed by atoms with Gasteiger partial charge in [0.25, 0.3) is 11.8 Å². The third-order valence-electron chi connectivity index (χ3n) is 4.70. The molecule has 0 radical (unpaired) electrons. The van der Waals surface area contributed by atoms with Gasteiger partial charge in [-0.15, -0.1) is 0 Å². The molecule has 152 valence electrons. The number of carbonyl (C=O) groups is 3. The van der Waals surface area contributed by atoms with Crippen molar-refractivity contribution < 1.29 is 23.9 Å². The summed E-state index contributed by atoms with van der Waals surface area (Å²) in [4.78, 5) is 38.7. The zero-order chi connectivity index (χ0) is 21.8. The lowest BCUT2D eigenvalue weighted by Gasteiger charge is -2.15. The van der Waals surface area contributed by atoms with Crippen LogP contribution in [0.3, 0.4) is 0 Å². The number of imide groups is 1. The first-order valence-corrected chi connectivity index (χ1v) is 9.46. The molecule has 4 rings (SSSR count).